The van der Waals surface area contributed by atoms with E-state index in [9.17, 15) is 8.42 Å². The van der Waals surface area contributed by atoms with Crippen LogP contribution in [0.1, 0.15) is 31.7 Å². The molecular formula is C17H23N3O3S. The fourth-order valence-electron chi connectivity index (χ4n) is 2.85. The van der Waals surface area contributed by atoms with Crippen LogP contribution in [0.15, 0.2) is 41.6 Å². The summed E-state index contributed by atoms with van der Waals surface area (Å²) in [6.07, 6.45) is 7.46. The van der Waals surface area contributed by atoms with Gasteiger partial charge in [0.05, 0.1) is 29.4 Å². The maximum absolute atomic E-state index is 12.5. The maximum Gasteiger partial charge on any atom is 0.261 e. The molecule has 0 radical (unpaired) electrons. The van der Waals surface area contributed by atoms with Gasteiger partial charge in [-0.3, -0.25) is 9.40 Å². The van der Waals surface area contributed by atoms with Crippen molar-refractivity contribution in [2.75, 3.05) is 11.3 Å². The van der Waals surface area contributed by atoms with E-state index < -0.39 is 10.0 Å². The molecule has 0 bridgehead atoms. The molecular weight excluding hydrogens is 326 g/mol. The molecule has 1 aromatic carbocycles. The zero-order chi connectivity index (χ0) is 17.0. The Morgan fingerprint density at radius 2 is 2.12 bits per heavy atom. The van der Waals surface area contributed by atoms with Gasteiger partial charge in [-0.2, -0.15) is 5.10 Å². The first kappa shape index (κ1) is 17.0. The molecule has 1 unspecified atom stereocenters. The monoisotopic (exact) mass is 349 g/mol. The Bertz CT molecular complexity index is 763. The average molecular weight is 349 g/mol. The van der Waals surface area contributed by atoms with Crippen LogP contribution in [0.2, 0.25) is 0 Å². The molecule has 1 fully saturated rings. The smallest absolute Gasteiger partial charge is 0.261 e. The Morgan fingerprint density at radius 3 is 2.79 bits per heavy atom. The minimum atomic E-state index is -3.59. The number of hydrogen-bond donors (Lipinski definition) is 1. The summed E-state index contributed by atoms with van der Waals surface area (Å²) >= 11 is 0. The van der Waals surface area contributed by atoms with Crippen LogP contribution in [-0.4, -0.2) is 30.9 Å². The molecule has 6 nitrogen and oxygen atoms in total. The number of benzene rings is 1. The van der Waals surface area contributed by atoms with Crippen LogP contribution < -0.4 is 4.72 Å². The van der Waals surface area contributed by atoms with Crippen LogP contribution in [0.4, 0.5) is 5.69 Å². The highest BCUT2D eigenvalue weighted by Crippen LogP contribution is 2.18. The van der Waals surface area contributed by atoms with Gasteiger partial charge in [0.25, 0.3) is 10.0 Å². The second-order valence-electron chi connectivity index (χ2n) is 6.09. The van der Waals surface area contributed by atoms with Crippen LogP contribution >= 0.6 is 0 Å². The summed E-state index contributed by atoms with van der Waals surface area (Å²) in [6.45, 7) is 3.54. The summed E-state index contributed by atoms with van der Waals surface area (Å²) in [7, 11) is -3.59. The number of anilines is 1. The van der Waals surface area contributed by atoms with E-state index in [2.05, 4.69) is 16.7 Å². The number of sulfonamides is 1. The summed E-state index contributed by atoms with van der Waals surface area (Å²) in [5, 5.41) is 4.21. The summed E-state index contributed by atoms with van der Waals surface area (Å²) < 4.78 is 34.8. The standard InChI is InChI=1S/C17H23N3O3S/c1-2-4-14-6-8-17(9-7-14)24(21,22)19-15-11-18-20(12-15)13-16-5-3-10-23-16/h6-9,11-12,16,19H,2-5,10,13H2,1H3. The van der Waals surface area contributed by atoms with Crippen molar-refractivity contribution in [3.63, 3.8) is 0 Å². The van der Waals surface area contributed by atoms with E-state index in [-0.39, 0.29) is 11.0 Å². The van der Waals surface area contributed by atoms with Gasteiger partial charge in [0.1, 0.15) is 0 Å². The third-order valence-corrected chi connectivity index (χ3v) is 5.47. The molecule has 2 aromatic rings. The Kier molecular flexibility index (Phi) is 5.20. The van der Waals surface area contributed by atoms with Crippen molar-refractivity contribution < 1.29 is 13.2 Å². The minimum Gasteiger partial charge on any atom is -0.376 e. The molecule has 1 aromatic heterocycles. The second-order valence-corrected chi connectivity index (χ2v) is 7.77. The van der Waals surface area contributed by atoms with Crippen molar-refractivity contribution in [3.05, 3.63) is 42.2 Å². The van der Waals surface area contributed by atoms with Gasteiger partial charge in [0.15, 0.2) is 0 Å². The van der Waals surface area contributed by atoms with Crippen molar-refractivity contribution >= 4 is 15.7 Å². The third-order valence-electron chi connectivity index (χ3n) is 4.07. The van der Waals surface area contributed by atoms with E-state index in [0.717, 1.165) is 37.9 Å². The molecule has 24 heavy (non-hydrogen) atoms. The van der Waals surface area contributed by atoms with Gasteiger partial charge in [-0.15, -0.1) is 0 Å². The summed E-state index contributed by atoms with van der Waals surface area (Å²) in [5.41, 5.74) is 1.60. The molecule has 1 aliphatic heterocycles. The van der Waals surface area contributed by atoms with E-state index in [1.54, 1.807) is 23.0 Å². The van der Waals surface area contributed by atoms with E-state index in [0.29, 0.717) is 12.2 Å². The first-order valence-electron chi connectivity index (χ1n) is 8.32. The summed E-state index contributed by atoms with van der Waals surface area (Å²) in [4.78, 5) is 0.259. The van der Waals surface area contributed by atoms with Crippen molar-refractivity contribution in [1.82, 2.24) is 9.78 Å². The second kappa shape index (κ2) is 7.36. The number of ether oxygens (including phenoxy) is 1. The van der Waals surface area contributed by atoms with Crippen LogP contribution in [0.25, 0.3) is 0 Å². The lowest BCUT2D eigenvalue weighted by Crippen LogP contribution is -2.15. The molecule has 0 saturated carbocycles. The Hall–Kier alpha value is -1.86. The lowest BCUT2D eigenvalue weighted by atomic mass is 10.1. The first-order valence-corrected chi connectivity index (χ1v) is 9.81. The van der Waals surface area contributed by atoms with E-state index in [1.807, 2.05) is 12.1 Å². The fourth-order valence-corrected chi connectivity index (χ4v) is 3.88. The van der Waals surface area contributed by atoms with Gasteiger partial charge < -0.3 is 4.74 Å². The molecule has 0 spiro atoms. The van der Waals surface area contributed by atoms with Crippen LogP contribution in [0.3, 0.4) is 0 Å². The predicted molar refractivity (Wildman–Crippen MR) is 92.4 cm³/mol. The number of aromatic nitrogens is 2. The highest BCUT2D eigenvalue weighted by atomic mass is 32.2. The lowest BCUT2D eigenvalue weighted by molar-refractivity contribution is 0.0940. The van der Waals surface area contributed by atoms with Gasteiger partial charge >= 0.3 is 0 Å². The average Bonchev–Trinajstić information content (AvgIpc) is 3.20. The Morgan fingerprint density at radius 1 is 1.33 bits per heavy atom. The van der Waals surface area contributed by atoms with Gasteiger partial charge in [0, 0.05) is 12.8 Å². The molecule has 130 valence electrons. The molecule has 1 saturated heterocycles. The largest absolute Gasteiger partial charge is 0.376 e. The van der Waals surface area contributed by atoms with Gasteiger partial charge in [0.2, 0.25) is 0 Å². The SMILES string of the molecule is CCCc1ccc(S(=O)(=O)Nc2cnn(CC3CCCO3)c2)cc1. The van der Waals surface area contributed by atoms with Crippen molar-refractivity contribution in [2.24, 2.45) is 0 Å². The Labute approximate surface area is 142 Å². The van der Waals surface area contributed by atoms with Crippen LogP contribution in [0.5, 0.6) is 0 Å². The van der Waals surface area contributed by atoms with Crippen molar-refractivity contribution in [1.29, 1.82) is 0 Å². The topological polar surface area (TPSA) is 73.2 Å². The molecule has 1 aliphatic rings. The lowest BCUT2D eigenvalue weighted by Gasteiger charge is -2.09. The zero-order valence-corrected chi connectivity index (χ0v) is 14.6. The van der Waals surface area contributed by atoms with Gasteiger partial charge in [-0.1, -0.05) is 25.5 Å². The number of aryl methyl sites for hydroxylation is 1. The molecule has 0 amide bonds. The normalized spacial score (nSPS) is 18.0. The van der Waals surface area contributed by atoms with Gasteiger partial charge in [-0.05, 0) is 37.0 Å². The van der Waals surface area contributed by atoms with Crippen LogP contribution in [0, 0.1) is 0 Å². The van der Waals surface area contributed by atoms with E-state index in [4.69, 9.17) is 4.74 Å². The quantitative estimate of drug-likeness (QED) is 0.834. The Balaban J connectivity index is 1.66. The maximum atomic E-state index is 12.5. The molecule has 7 heteroatoms. The number of nitrogens with zero attached hydrogens (tertiary/aromatic N) is 2. The predicted octanol–water partition coefficient (Wildman–Crippen LogP) is 2.82. The molecule has 1 N–H and O–H groups in total. The van der Waals surface area contributed by atoms with Crippen molar-refractivity contribution in [2.45, 2.75) is 50.2 Å². The number of rotatable bonds is 7. The van der Waals surface area contributed by atoms with Crippen molar-refractivity contribution in [3.8, 4) is 0 Å². The van der Waals surface area contributed by atoms with Gasteiger partial charge in [-0.25, -0.2) is 8.42 Å². The van der Waals surface area contributed by atoms with E-state index >= 15 is 0 Å². The number of hydrogen-bond acceptors (Lipinski definition) is 4. The first-order chi connectivity index (χ1) is 11.6. The van der Waals surface area contributed by atoms with E-state index in [1.165, 1.54) is 6.20 Å². The summed E-state index contributed by atoms with van der Waals surface area (Å²) in [6, 6.07) is 7.01. The highest BCUT2D eigenvalue weighted by molar-refractivity contribution is 7.92. The van der Waals surface area contributed by atoms with Crippen LogP contribution in [-0.2, 0) is 27.7 Å². The zero-order valence-electron chi connectivity index (χ0n) is 13.8. The molecule has 2 heterocycles. The molecule has 0 aliphatic carbocycles. The summed E-state index contributed by atoms with van der Waals surface area (Å²) in [5.74, 6) is 0. The third kappa shape index (κ3) is 4.15. The number of nitrogens with one attached hydrogen (secondary N) is 1. The molecule has 3 rings (SSSR count). The minimum absolute atomic E-state index is 0.167. The fraction of sp³-hybridized carbons (Fsp3) is 0.471. The molecule has 1 atom stereocenters. The highest BCUT2D eigenvalue weighted by Gasteiger charge is 2.18.